The van der Waals surface area contributed by atoms with E-state index in [0.717, 1.165) is 24.1 Å². The van der Waals surface area contributed by atoms with Crippen LogP contribution in [0.25, 0.3) is 0 Å². The summed E-state index contributed by atoms with van der Waals surface area (Å²) in [6.45, 7) is 4.10. The molecule has 0 aromatic heterocycles. The quantitative estimate of drug-likeness (QED) is 0.406. The maximum absolute atomic E-state index is 7.64. The van der Waals surface area contributed by atoms with Crippen molar-refractivity contribution in [2.75, 3.05) is 5.32 Å². The highest BCUT2D eigenvalue weighted by Crippen LogP contribution is 2.21. The predicted molar refractivity (Wildman–Crippen MR) is 71.6 cm³/mol. The smallest absolute Gasteiger partial charge is 0.199 e. The van der Waals surface area contributed by atoms with E-state index in [1.54, 1.807) is 0 Å². The minimum absolute atomic E-state index is 0.0177. The molecule has 6 N–H and O–H groups in total. The molecular weight excluding hydrogens is 214 g/mol. The second-order valence-corrected chi connectivity index (χ2v) is 3.90. The number of para-hydroxylation sites is 1. The molecule has 1 aromatic carbocycles. The van der Waals surface area contributed by atoms with Crippen LogP contribution in [0.1, 0.15) is 24.5 Å². The normalized spacial score (nSPS) is 9.76. The van der Waals surface area contributed by atoms with Crippen LogP contribution in [0.2, 0.25) is 0 Å². The molecule has 5 heteroatoms. The van der Waals surface area contributed by atoms with Crippen LogP contribution in [0.4, 0.5) is 5.69 Å². The third kappa shape index (κ3) is 3.79. The third-order valence-corrected chi connectivity index (χ3v) is 2.39. The van der Waals surface area contributed by atoms with Gasteiger partial charge >= 0.3 is 0 Å². The average Bonchev–Trinajstić information content (AvgIpc) is 2.22. The third-order valence-electron chi connectivity index (χ3n) is 2.39. The van der Waals surface area contributed by atoms with Gasteiger partial charge in [0.25, 0.3) is 0 Å². The van der Waals surface area contributed by atoms with E-state index in [0.29, 0.717) is 0 Å². The van der Waals surface area contributed by atoms with Crippen LogP contribution in [0.5, 0.6) is 0 Å². The van der Waals surface area contributed by atoms with Gasteiger partial charge in [0.2, 0.25) is 0 Å². The summed E-state index contributed by atoms with van der Waals surface area (Å²) in [6.07, 6.45) is 2.00. The summed E-state index contributed by atoms with van der Waals surface area (Å²) in [5, 5.41) is 20.1. The zero-order valence-electron chi connectivity index (χ0n) is 10.2. The van der Waals surface area contributed by atoms with E-state index >= 15 is 0 Å². The number of anilines is 1. The molecule has 17 heavy (non-hydrogen) atoms. The Bertz CT molecular complexity index is 425. The Morgan fingerprint density at radius 3 is 2.65 bits per heavy atom. The number of benzene rings is 1. The van der Waals surface area contributed by atoms with Crippen LogP contribution in [0.3, 0.4) is 0 Å². The molecule has 0 aliphatic carbocycles. The SMILES string of the molecule is CCCc1cccc(C)c1NC(=N)NC(=N)N. The van der Waals surface area contributed by atoms with E-state index in [9.17, 15) is 0 Å². The van der Waals surface area contributed by atoms with Crippen LogP contribution in [0.15, 0.2) is 18.2 Å². The Kier molecular flexibility index (Phi) is 4.51. The van der Waals surface area contributed by atoms with Crippen LogP contribution >= 0.6 is 0 Å². The second kappa shape index (κ2) is 5.89. The molecule has 0 heterocycles. The molecule has 0 aliphatic heterocycles. The number of nitrogens with two attached hydrogens (primary N) is 1. The van der Waals surface area contributed by atoms with Gasteiger partial charge in [-0.2, -0.15) is 0 Å². The lowest BCUT2D eigenvalue weighted by molar-refractivity contribution is 0.922. The van der Waals surface area contributed by atoms with Crippen molar-refractivity contribution in [2.45, 2.75) is 26.7 Å². The molecule has 1 aromatic rings. The highest BCUT2D eigenvalue weighted by atomic mass is 15.2. The standard InChI is InChI=1S/C12H19N5/c1-3-5-9-7-4-6-8(2)10(9)16-12(15)17-11(13)14/h4,6-7H,3,5H2,1-2H3,(H6,13,14,15,16,17). The van der Waals surface area contributed by atoms with E-state index in [4.69, 9.17) is 16.6 Å². The van der Waals surface area contributed by atoms with E-state index < -0.39 is 0 Å². The van der Waals surface area contributed by atoms with E-state index in [1.165, 1.54) is 5.56 Å². The topological polar surface area (TPSA) is 97.8 Å². The molecule has 0 radical (unpaired) electrons. The number of nitrogens with one attached hydrogen (secondary N) is 4. The summed E-state index contributed by atoms with van der Waals surface area (Å²) in [4.78, 5) is 0. The maximum Gasteiger partial charge on any atom is 0.199 e. The number of aryl methyl sites for hydroxylation is 2. The first kappa shape index (κ1) is 13.0. The van der Waals surface area contributed by atoms with Crippen LogP contribution in [-0.4, -0.2) is 11.9 Å². The van der Waals surface area contributed by atoms with Crippen molar-refractivity contribution in [1.29, 1.82) is 10.8 Å². The Labute approximate surface area is 101 Å². The summed E-state index contributed by atoms with van der Waals surface area (Å²) in [5.74, 6) is -0.225. The van der Waals surface area contributed by atoms with Gasteiger partial charge in [0, 0.05) is 5.69 Å². The van der Waals surface area contributed by atoms with Crippen molar-refractivity contribution >= 4 is 17.6 Å². The molecule has 92 valence electrons. The number of guanidine groups is 2. The summed E-state index contributed by atoms with van der Waals surface area (Å²) >= 11 is 0. The largest absolute Gasteiger partial charge is 0.370 e. The predicted octanol–water partition coefficient (Wildman–Crippen LogP) is 1.78. The molecule has 0 unspecified atom stereocenters. The fraction of sp³-hybridized carbons (Fsp3) is 0.333. The molecular formula is C12H19N5. The Morgan fingerprint density at radius 2 is 2.06 bits per heavy atom. The first-order valence-corrected chi connectivity index (χ1v) is 5.59. The Balaban J connectivity index is 2.88. The first-order chi connectivity index (χ1) is 8.04. The lowest BCUT2D eigenvalue weighted by atomic mass is 10.0. The summed E-state index contributed by atoms with van der Waals surface area (Å²) in [7, 11) is 0. The van der Waals surface area contributed by atoms with Crippen molar-refractivity contribution in [3.63, 3.8) is 0 Å². The van der Waals surface area contributed by atoms with Gasteiger partial charge in [-0.05, 0) is 24.5 Å². The maximum atomic E-state index is 7.64. The first-order valence-electron chi connectivity index (χ1n) is 5.59. The summed E-state index contributed by atoms with van der Waals surface area (Å²) in [6, 6.07) is 6.04. The molecule has 0 bridgehead atoms. The molecule has 0 atom stereocenters. The van der Waals surface area contributed by atoms with Gasteiger partial charge in [0.1, 0.15) is 0 Å². The van der Waals surface area contributed by atoms with Gasteiger partial charge < -0.3 is 11.1 Å². The van der Waals surface area contributed by atoms with Gasteiger partial charge in [0.15, 0.2) is 11.9 Å². The van der Waals surface area contributed by atoms with Crippen LogP contribution < -0.4 is 16.4 Å². The fourth-order valence-corrected chi connectivity index (χ4v) is 1.68. The summed E-state index contributed by atoms with van der Waals surface area (Å²) < 4.78 is 0. The number of hydrogen-bond acceptors (Lipinski definition) is 2. The van der Waals surface area contributed by atoms with Crippen LogP contribution in [-0.2, 0) is 6.42 Å². The molecule has 0 amide bonds. The van der Waals surface area contributed by atoms with Gasteiger partial charge in [-0.25, -0.2) is 0 Å². The van der Waals surface area contributed by atoms with Gasteiger partial charge in [-0.15, -0.1) is 0 Å². The van der Waals surface area contributed by atoms with Crippen molar-refractivity contribution < 1.29 is 0 Å². The van der Waals surface area contributed by atoms with E-state index in [2.05, 4.69) is 17.6 Å². The lowest BCUT2D eigenvalue weighted by Crippen LogP contribution is -2.39. The van der Waals surface area contributed by atoms with Crippen molar-refractivity contribution in [3.05, 3.63) is 29.3 Å². The molecule has 0 aliphatic rings. The zero-order valence-corrected chi connectivity index (χ0v) is 10.2. The molecule has 0 saturated heterocycles. The second-order valence-electron chi connectivity index (χ2n) is 3.90. The fourth-order valence-electron chi connectivity index (χ4n) is 1.68. The molecule has 1 rings (SSSR count). The monoisotopic (exact) mass is 233 g/mol. The van der Waals surface area contributed by atoms with Crippen molar-refractivity contribution in [3.8, 4) is 0 Å². The Morgan fingerprint density at radius 1 is 1.35 bits per heavy atom. The minimum atomic E-state index is -0.242. The Hall–Kier alpha value is -2.04. The molecule has 5 nitrogen and oxygen atoms in total. The highest BCUT2D eigenvalue weighted by molar-refractivity contribution is 6.02. The number of rotatable bonds is 3. The number of hydrogen-bond donors (Lipinski definition) is 5. The average molecular weight is 233 g/mol. The molecule has 0 saturated carbocycles. The minimum Gasteiger partial charge on any atom is -0.370 e. The van der Waals surface area contributed by atoms with Crippen molar-refractivity contribution in [2.24, 2.45) is 5.73 Å². The van der Waals surface area contributed by atoms with Gasteiger partial charge in [-0.1, -0.05) is 31.5 Å². The summed E-state index contributed by atoms with van der Waals surface area (Å²) in [5.41, 5.74) is 8.34. The van der Waals surface area contributed by atoms with Crippen LogP contribution in [0, 0.1) is 17.7 Å². The van der Waals surface area contributed by atoms with E-state index in [1.807, 2.05) is 25.1 Å². The molecule has 0 fully saturated rings. The van der Waals surface area contributed by atoms with E-state index in [-0.39, 0.29) is 11.9 Å². The highest BCUT2D eigenvalue weighted by Gasteiger charge is 2.06. The zero-order chi connectivity index (χ0) is 12.8. The lowest BCUT2D eigenvalue weighted by Gasteiger charge is -2.15. The van der Waals surface area contributed by atoms with Gasteiger partial charge in [-0.3, -0.25) is 16.1 Å². The van der Waals surface area contributed by atoms with Gasteiger partial charge in [0.05, 0.1) is 0 Å². The molecule has 0 spiro atoms. The van der Waals surface area contributed by atoms with Crippen molar-refractivity contribution in [1.82, 2.24) is 5.32 Å².